The lowest BCUT2D eigenvalue weighted by Crippen LogP contribution is -2.25. The topological polar surface area (TPSA) is 98.6 Å². The van der Waals surface area contributed by atoms with Crippen LogP contribution < -0.4 is 10.5 Å². The van der Waals surface area contributed by atoms with Gasteiger partial charge in [-0.3, -0.25) is 10.1 Å². The lowest BCUT2D eigenvalue weighted by atomic mass is 9.82. The molecule has 0 spiro atoms. The molecule has 19 heavy (non-hydrogen) atoms. The van der Waals surface area contributed by atoms with Crippen LogP contribution in [-0.4, -0.2) is 23.2 Å². The van der Waals surface area contributed by atoms with Gasteiger partial charge in [-0.25, -0.2) is 0 Å². The van der Waals surface area contributed by atoms with Crippen LogP contribution in [0.15, 0.2) is 12.1 Å². The van der Waals surface area contributed by atoms with Gasteiger partial charge in [0.25, 0.3) is 0 Å². The third-order valence-corrected chi connectivity index (χ3v) is 3.74. The van der Waals surface area contributed by atoms with E-state index in [0.29, 0.717) is 0 Å². The average Bonchev–Trinajstić information content (AvgIpc) is 2.39. The standard InChI is InChI=1S/C13H18N2O4/c1-19-12-7-9(6-11(13(12)16)15(17)18)8-2-4-10(14)5-3-8/h6-8,10,16H,2-5,14H2,1H3. The van der Waals surface area contributed by atoms with Crippen molar-refractivity contribution >= 4 is 5.69 Å². The highest BCUT2D eigenvalue weighted by Crippen LogP contribution is 2.41. The first kappa shape index (κ1) is 13.6. The number of nitrogens with two attached hydrogens (primary N) is 1. The van der Waals surface area contributed by atoms with Crippen LogP contribution in [0, 0.1) is 10.1 Å². The summed E-state index contributed by atoms with van der Waals surface area (Å²) in [5, 5.41) is 20.7. The number of hydrogen-bond acceptors (Lipinski definition) is 5. The number of phenolic OH excluding ortho intramolecular Hbond substituents is 1. The van der Waals surface area contributed by atoms with Crippen molar-refractivity contribution in [1.82, 2.24) is 0 Å². The van der Waals surface area contributed by atoms with Crippen molar-refractivity contribution in [2.24, 2.45) is 5.73 Å². The minimum atomic E-state index is -0.587. The van der Waals surface area contributed by atoms with Crippen molar-refractivity contribution in [3.63, 3.8) is 0 Å². The van der Waals surface area contributed by atoms with Gasteiger partial charge in [-0.15, -0.1) is 0 Å². The van der Waals surface area contributed by atoms with E-state index in [2.05, 4.69) is 0 Å². The number of nitro benzene ring substituents is 1. The van der Waals surface area contributed by atoms with Gasteiger partial charge in [-0.2, -0.15) is 0 Å². The third-order valence-electron chi connectivity index (χ3n) is 3.74. The summed E-state index contributed by atoms with van der Waals surface area (Å²) in [6, 6.07) is 3.36. The summed E-state index contributed by atoms with van der Waals surface area (Å²) in [5.74, 6) is -0.0177. The van der Waals surface area contributed by atoms with E-state index in [-0.39, 0.29) is 23.4 Å². The molecule has 0 saturated heterocycles. The molecule has 0 bridgehead atoms. The van der Waals surface area contributed by atoms with Gasteiger partial charge in [0, 0.05) is 12.1 Å². The first-order valence-electron chi connectivity index (χ1n) is 6.33. The van der Waals surface area contributed by atoms with Gasteiger partial charge < -0.3 is 15.6 Å². The molecule has 1 aliphatic rings. The Hall–Kier alpha value is -1.82. The van der Waals surface area contributed by atoms with Crippen LogP contribution in [0.4, 0.5) is 5.69 Å². The van der Waals surface area contributed by atoms with Crippen LogP contribution in [0.1, 0.15) is 37.2 Å². The van der Waals surface area contributed by atoms with E-state index in [1.165, 1.54) is 13.2 Å². The zero-order valence-electron chi connectivity index (χ0n) is 10.8. The number of ether oxygens (including phenoxy) is 1. The molecule has 1 aromatic rings. The van der Waals surface area contributed by atoms with Gasteiger partial charge in [-0.1, -0.05) is 0 Å². The van der Waals surface area contributed by atoms with Crippen molar-refractivity contribution in [1.29, 1.82) is 0 Å². The number of nitro groups is 1. The van der Waals surface area contributed by atoms with Crippen LogP contribution in [0.2, 0.25) is 0 Å². The van der Waals surface area contributed by atoms with Gasteiger partial charge in [0.05, 0.1) is 12.0 Å². The summed E-state index contributed by atoms with van der Waals surface area (Å²) in [4.78, 5) is 10.4. The predicted octanol–water partition coefficient (Wildman–Crippen LogP) is 2.29. The summed E-state index contributed by atoms with van der Waals surface area (Å²) in [6.07, 6.45) is 3.65. The van der Waals surface area contributed by atoms with Gasteiger partial charge in [0.15, 0.2) is 5.75 Å². The zero-order valence-corrected chi connectivity index (χ0v) is 10.8. The Morgan fingerprint density at radius 2 is 2.00 bits per heavy atom. The molecule has 3 N–H and O–H groups in total. The smallest absolute Gasteiger partial charge is 0.314 e. The number of methoxy groups -OCH3 is 1. The minimum Gasteiger partial charge on any atom is -0.500 e. The molecule has 1 saturated carbocycles. The highest BCUT2D eigenvalue weighted by atomic mass is 16.6. The monoisotopic (exact) mass is 266 g/mol. The molecule has 0 amide bonds. The second-order valence-corrected chi connectivity index (χ2v) is 4.96. The number of nitrogens with zero attached hydrogens (tertiary/aromatic N) is 1. The predicted molar refractivity (Wildman–Crippen MR) is 70.5 cm³/mol. The van der Waals surface area contributed by atoms with Crippen LogP contribution >= 0.6 is 0 Å². The Labute approximate surface area is 111 Å². The summed E-state index contributed by atoms with van der Waals surface area (Å²) in [6.45, 7) is 0. The van der Waals surface area contributed by atoms with E-state index in [4.69, 9.17) is 10.5 Å². The van der Waals surface area contributed by atoms with Crippen LogP contribution in [0.5, 0.6) is 11.5 Å². The van der Waals surface area contributed by atoms with Gasteiger partial charge in [-0.05, 0) is 43.2 Å². The highest BCUT2D eigenvalue weighted by Gasteiger charge is 2.25. The lowest BCUT2D eigenvalue weighted by Gasteiger charge is -2.26. The maximum Gasteiger partial charge on any atom is 0.314 e. The number of phenols is 1. The quantitative estimate of drug-likeness (QED) is 0.646. The fourth-order valence-electron chi connectivity index (χ4n) is 2.60. The van der Waals surface area contributed by atoms with Gasteiger partial charge in [0.1, 0.15) is 0 Å². The molecule has 2 rings (SSSR count). The zero-order chi connectivity index (χ0) is 14.0. The molecular weight excluding hydrogens is 248 g/mol. The maximum absolute atomic E-state index is 10.9. The van der Waals surface area contributed by atoms with Gasteiger partial charge in [0.2, 0.25) is 5.75 Å². The molecule has 0 aliphatic heterocycles. The Morgan fingerprint density at radius 1 is 1.37 bits per heavy atom. The third kappa shape index (κ3) is 2.78. The molecule has 0 radical (unpaired) electrons. The van der Waals surface area contributed by atoms with Crippen molar-refractivity contribution in [3.05, 3.63) is 27.8 Å². The van der Waals surface area contributed by atoms with Crippen LogP contribution in [0.3, 0.4) is 0 Å². The summed E-state index contributed by atoms with van der Waals surface area (Å²) in [5.41, 5.74) is 6.40. The molecule has 0 aromatic heterocycles. The second-order valence-electron chi connectivity index (χ2n) is 4.96. The Balaban J connectivity index is 2.35. The summed E-state index contributed by atoms with van der Waals surface area (Å²) in [7, 11) is 1.39. The first-order valence-corrected chi connectivity index (χ1v) is 6.33. The fourth-order valence-corrected chi connectivity index (χ4v) is 2.60. The highest BCUT2D eigenvalue weighted by molar-refractivity contribution is 5.57. The molecular formula is C13H18N2O4. The Bertz CT molecular complexity index is 482. The second kappa shape index (κ2) is 5.44. The minimum absolute atomic E-state index is 0.152. The first-order chi connectivity index (χ1) is 9.02. The molecule has 0 heterocycles. The van der Waals surface area contributed by atoms with Crippen molar-refractivity contribution in [2.45, 2.75) is 37.6 Å². The molecule has 0 unspecified atom stereocenters. The largest absolute Gasteiger partial charge is 0.500 e. The van der Waals surface area contributed by atoms with Gasteiger partial charge >= 0.3 is 5.69 Å². The van der Waals surface area contributed by atoms with E-state index >= 15 is 0 Å². The number of rotatable bonds is 3. The number of hydrogen-bond donors (Lipinski definition) is 2. The van der Waals surface area contributed by atoms with E-state index < -0.39 is 10.7 Å². The molecule has 104 valence electrons. The number of aromatic hydroxyl groups is 1. The van der Waals surface area contributed by atoms with Crippen molar-refractivity contribution < 1.29 is 14.8 Å². The fraction of sp³-hybridized carbons (Fsp3) is 0.538. The molecule has 0 atom stereocenters. The molecule has 1 aliphatic carbocycles. The van der Waals surface area contributed by atoms with Crippen LogP contribution in [0.25, 0.3) is 0 Å². The normalized spacial score (nSPS) is 23.1. The summed E-state index contributed by atoms with van der Waals surface area (Å²) >= 11 is 0. The SMILES string of the molecule is COc1cc(C2CCC(N)CC2)cc([N+](=O)[O-])c1O. The van der Waals surface area contributed by atoms with E-state index in [0.717, 1.165) is 31.2 Å². The molecule has 1 aromatic carbocycles. The van der Waals surface area contributed by atoms with E-state index in [1.807, 2.05) is 0 Å². The van der Waals surface area contributed by atoms with E-state index in [9.17, 15) is 15.2 Å². The number of benzene rings is 1. The molecule has 1 fully saturated rings. The van der Waals surface area contributed by atoms with Crippen molar-refractivity contribution in [3.8, 4) is 11.5 Å². The maximum atomic E-state index is 10.9. The molecule has 6 nitrogen and oxygen atoms in total. The Morgan fingerprint density at radius 3 is 2.53 bits per heavy atom. The molecule has 6 heteroatoms. The van der Waals surface area contributed by atoms with Crippen molar-refractivity contribution in [2.75, 3.05) is 7.11 Å². The average molecular weight is 266 g/mol. The Kier molecular flexibility index (Phi) is 3.90. The van der Waals surface area contributed by atoms with Crippen LogP contribution in [-0.2, 0) is 0 Å². The van der Waals surface area contributed by atoms with E-state index in [1.54, 1.807) is 6.07 Å². The lowest BCUT2D eigenvalue weighted by molar-refractivity contribution is -0.386. The summed E-state index contributed by atoms with van der Waals surface area (Å²) < 4.78 is 5.01.